The third kappa shape index (κ3) is 3.99. The maximum atomic E-state index is 12.8. The topological polar surface area (TPSA) is 88.9 Å². The number of hydrogen-bond acceptors (Lipinski definition) is 5. The van der Waals surface area contributed by atoms with Crippen molar-refractivity contribution >= 4 is 15.9 Å². The van der Waals surface area contributed by atoms with Gasteiger partial charge in [0.1, 0.15) is 11.5 Å². The molecule has 2 aliphatic heterocycles. The Labute approximate surface area is 142 Å². The Bertz CT molecular complexity index is 693. The van der Waals surface area contributed by atoms with Gasteiger partial charge in [0.15, 0.2) is 0 Å². The molecule has 2 atom stereocenters. The number of hydrogen-bond donors (Lipinski definition) is 1. The van der Waals surface area contributed by atoms with Gasteiger partial charge in [-0.2, -0.15) is 0 Å². The highest BCUT2D eigenvalue weighted by molar-refractivity contribution is 7.88. The molecule has 8 heteroatoms. The van der Waals surface area contributed by atoms with Crippen LogP contribution in [-0.2, 0) is 19.6 Å². The molecule has 2 saturated heterocycles. The molecule has 1 aromatic heterocycles. The smallest absolute Gasteiger partial charge is 0.225 e. The second-order valence-electron chi connectivity index (χ2n) is 6.68. The first kappa shape index (κ1) is 17.4. The van der Waals surface area contributed by atoms with Crippen molar-refractivity contribution in [1.82, 2.24) is 9.62 Å². The quantitative estimate of drug-likeness (QED) is 0.864. The first-order valence-electron chi connectivity index (χ1n) is 8.23. The van der Waals surface area contributed by atoms with Crippen LogP contribution in [0.3, 0.4) is 0 Å². The Balaban J connectivity index is 1.77. The monoisotopic (exact) mass is 356 g/mol. The van der Waals surface area contributed by atoms with Gasteiger partial charge in [-0.1, -0.05) is 0 Å². The number of furan rings is 1. The van der Waals surface area contributed by atoms with E-state index in [0.717, 1.165) is 30.6 Å². The van der Waals surface area contributed by atoms with Crippen LogP contribution in [-0.4, -0.2) is 57.8 Å². The first-order chi connectivity index (χ1) is 11.3. The van der Waals surface area contributed by atoms with Gasteiger partial charge in [-0.05, 0) is 31.9 Å². The number of sulfonamides is 1. The predicted molar refractivity (Wildman–Crippen MR) is 88.1 cm³/mol. The van der Waals surface area contributed by atoms with Crippen molar-refractivity contribution in [1.29, 1.82) is 0 Å². The molecular weight excluding hydrogens is 332 g/mol. The number of nitrogens with zero attached hydrogens (tertiary/aromatic N) is 1. The maximum absolute atomic E-state index is 12.8. The fourth-order valence-electron chi connectivity index (χ4n) is 3.52. The lowest BCUT2D eigenvalue weighted by Crippen LogP contribution is -2.41. The van der Waals surface area contributed by atoms with E-state index in [1.807, 2.05) is 19.1 Å². The lowest BCUT2D eigenvalue weighted by molar-refractivity contribution is -0.137. The predicted octanol–water partition coefficient (Wildman–Crippen LogP) is 0.858. The minimum absolute atomic E-state index is 0.0327. The second-order valence-corrected chi connectivity index (χ2v) is 8.46. The molecular formula is C16H24N2O5S. The average molecular weight is 356 g/mol. The lowest BCUT2D eigenvalue weighted by Gasteiger charge is -2.26. The van der Waals surface area contributed by atoms with Crippen molar-refractivity contribution < 1.29 is 22.4 Å². The molecule has 134 valence electrons. The summed E-state index contributed by atoms with van der Waals surface area (Å²) in [4.78, 5) is 14.5. The van der Waals surface area contributed by atoms with Gasteiger partial charge >= 0.3 is 0 Å². The standard InChI is InChI=1S/C16H24N2O5S/c1-11-3-4-15(23-11)13-9-18(10-14(13)17-24(2,20)21)16(19)12-5-7-22-8-6-12/h3-4,12-14,17H,5-10H2,1-2H3/t13-,14-/m1/s1. The average Bonchev–Trinajstić information content (AvgIpc) is 3.12. The summed E-state index contributed by atoms with van der Waals surface area (Å²) < 4.78 is 37.0. The zero-order chi connectivity index (χ0) is 17.3. The second kappa shape index (κ2) is 6.85. The zero-order valence-electron chi connectivity index (χ0n) is 14.0. The third-order valence-electron chi connectivity index (χ3n) is 4.69. The molecule has 7 nitrogen and oxygen atoms in total. The molecule has 1 aromatic rings. The largest absolute Gasteiger partial charge is 0.466 e. The number of carbonyl (C=O) groups excluding carboxylic acids is 1. The van der Waals surface area contributed by atoms with Crippen LogP contribution in [0.15, 0.2) is 16.5 Å². The number of aryl methyl sites for hydroxylation is 1. The zero-order valence-corrected chi connectivity index (χ0v) is 14.8. The van der Waals surface area contributed by atoms with E-state index in [0.29, 0.717) is 26.3 Å². The Morgan fingerprint density at radius 2 is 1.96 bits per heavy atom. The van der Waals surface area contributed by atoms with Crippen molar-refractivity contribution in [2.75, 3.05) is 32.6 Å². The van der Waals surface area contributed by atoms with Crippen LogP contribution >= 0.6 is 0 Å². The number of rotatable bonds is 4. The van der Waals surface area contributed by atoms with Gasteiger partial charge in [0.2, 0.25) is 15.9 Å². The Hall–Kier alpha value is -1.38. The molecule has 1 N–H and O–H groups in total. The van der Waals surface area contributed by atoms with Gasteiger partial charge < -0.3 is 14.1 Å². The van der Waals surface area contributed by atoms with Crippen molar-refractivity contribution in [2.45, 2.75) is 31.7 Å². The van der Waals surface area contributed by atoms with Crippen LogP contribution in [0, 0.1) is 12.8 Å². The van der Waals surface area contributed by atoms with Gasteiger partial charge in [-0.25, -0.2) is 13.1 Å². The van der Waals surface area contributed by atoms with Crippen LogP contribution in [0.4, 0.5) is 0 Å². The number of carbonyl (C=O) groups is 1. The summed E-state index contributed by atoms with van der Waals surface area (Å²) in [5.41, 5.74) is 0. The summed E-state index contributed by atoms with van der Waals surface area (Å²) in [6.07, 6.45) is 2.59. The highest BCUT2D eigenvalue weighted by atomic mass is 32.2. The SMILES string of the molecule is Cc1ccc([C@@H]2CN(C(=O)C3CCOCC3)C[C@H]2NS(C)(=O)=O)o1. The van der Waals surface area contributed by atoms with E-state index in [2.05, 4.69) is 4.72 Å². The Morgan fingerprint density at radius 3 is 2.54 bits per heavy atom. The molecule has 0 radical (unpaired) electrons. The summed E-state index contributed by atoms with van der Waals surface area (Å²) in [7, 11) is -3.37. The summed E-state index contributed by atoms with van der Waals surface area (Å²) in [6.45, 7) is 3.90. The van der Waals surface area contributed by atoms with Gasteiger partial charge in [0.05, 0.1) is 18.2 Å². The Morgan fingerprint density at radius 1 is 1.25 bits per heavy atom. The number of likely N-dealkylation sites (tertiary alicyclic amines) is 1. The molecule has 0 saturated carbocycles. The molecule has 3 rings (SSSR count). The first-order valence-corrected chi connectivity index (χ1v) is 10.1. The molecule has 2 aliphatic rings. The molecule has 2 fully saturated rings. The van der Waals surface area contributed by atoms with E-state index in [9.17, 15) is 13.2 Å². The molecule has 24 heavy (non-hydrogen) atoms. The molecule has 1 amide bonds. The molecule has 0 aromatic carbocycles. The van der Waals surface area contributed by atoms with Crippen molar-refractivity contribution in [3.05, 3.63) is 23.7 Å². The number of amides is 1. The van der Waals surface area contributed by atoms with E-state index in [1.54, 1.807) is 4.90 Å². The Kier molecular flexibility index (Phi) is 4.98. The van der Waals surface area contributed by atoms with E-state index < -0.39 is 10.0 Å². The molecule has 3 heterocycles. The van der Waals surface area contributed by atoms with E-state index in [4.69, 9.17) is 9.15 Å². The van der Waals surface area contributed by atoms with Crippen LogP contribution in [0.5, 0.6) is 0 Å². The highest BCUT2D eigenvalue weighted by Gasteiger charge is 2.41. The van der Waals surface area contributed by atoms with Crippen molar-refractivity contribution in [3.63, 3.8) is 0 Å². The van der Waals surface area contributed by atoms with E-state index in [-0.39, 0.29) is 23.8 Å². The molecule has 0 unspecified atom stereocenters. The summed E-state index contributed by atoms with van der Waals surface area (Å²) in [6, 6.07) is 3.35. The summed E-state index contributed by atoms with van der Waals surface area (Å²) in [5.74, 6) is 1.38. The van der Waals surface area contributed by atoms with Crippen LogP contribution in [0.25, 0.3) is 0 Å². The lowest BCUT2D eigenvalue weighted by atomic mass is 9.99. The van der Waals surface area contributed by atoms with Gasteiger partial charge in [-0.15, -0.1) is 0 Å². The maximum Gasteiger partial charge on any atom is 0.225 e. The van der Waals surface area contributed by atoms with Crippen LogP contribution in [0.1, 0.15) is 30.3 Å². The van der Waals surface area contributed by atoms with Crippen molar-refractivity contribution in [2.24, 2.45) is 5.92 Å². The van der Waals surface area contributed by atoms with Crippen LogP contribution in [0.2, 0.25) is 0 Å². The minimum atomic E-state index is -3.37. The van der Waals surface area contributed by atoms with Crippen molar-refractivity contribution in [3.8, 4) is 0 Å². The highest BCUT2D eigenvalue weighted by Crippen LogP contribution is 2.31. The van der Waals surface area contributed by atoms with Gasteiger partial charge in [-0.3, -0.25) is 4.79 Å². The fraction of sp³-hybridized carbons (Fsp3) is 0.688. The number of nitrogens with one attached hydrogen (secondary N) is 1. The van der Waals surface area contributed by atoms with E-state index >= 15 is 0 Å². The van der Waals surface area contributed by atoms with E-state index in [1.165, 1.54) is 0 Å². The third-order valence-corrected chi connectivity index (χ3v) is 5.43. The van der Waals surface area contributed by atoms with Crippen LogP contribution < -0.4 is 4.72 Å². The summed E-state index contributed by atoms with van der Waals surface area (Å²) in [5, 5.41) is 0. The molecule has 0 bridgehead atoms. The van der Waals surface area contributed by atoms with Gasteiger partial charge in [0, 0.05) is 32.2 Å². The number of ether oxygens (including phenoxy) is 1. The fourth-order valence-corrected chi connectivity index (χ4v) is 4.31. The minimum Gasteiger partial charge on any atom is -0.466 e. The van der Waals surface area contributed by atoms with Gasteiger partial charge in [0.25, 0.3) is 0 Å². The summed E-state index contributed by atoms with van der Waals surface area (Å²) >= 11 is 0. The molecule has 0 aliphatic carbocycles. The molecule has 0 spiro atoms. The normalized spacial score (nSPS) is 26.0.